The normalized spacial score (nSPS) is 37.2. The number of ketones is 1. The van der Waals surface area contributed by atoms with Crippen LogP contribution in [0.2, 0.25) is 0 Å². The smallest absolute Gasteiger partial charge is 0.316 e. The molecule has 16 heteroatoms. The first-order valence-corrected chi connectivity index (χ1v) is 21.9. The summed E-state index contributed by atoms with van der Waals surface area (Å²) in [6.07, 6.45) is -5.23. The van der Waals surface area contributed by atoms with E-state index in [2.05, 4.69) is 32.2 Å². The van der Waals surface area contributed by atoms with E-state index >= 15 is 0 Å². The number of β-amino-alcohol motifs (C(OH)–C–C–N with tert-alkyl or cyclic N) is 1. The molecule has 5 N–H and O–H groups in total. The van der Waals surface area contributed by atoms with E-state index in [0.717, 1.165) is 29.7 Å². The molecule has 2 aromatic rings. The summed E-state index contributed by atoms with van der Waals surface area (Å²) in [5.74, 6) is -5.59. The van der Waals surface area contributed by atoms with Gasteiger partial charge in [0.05, 0.1) is 48.1 Å². The van der Waals surface area contributed by atoms with Crippen molar-refractivity contribution in [1.82, 2.24) is 20.1 Å². The zero-order valence-corrected chi connectivity index (χ0v) is 37.7. The fourth-order valence-electron chi connectivity index (χ4n) is 9.32. The number of nitrogens with one attached hydrogen (secondary N) is 1. The van der Waals surface area contributed by atoms with E-state index in [1.165, 1.54) is 20.8 Å². The minimum absolute atomic E-state index is 0.0405. The second-order valence-corrected chi connectivity index (χ2v) is 18.4. The number of carbonyl (C=O) groups excluding carboxylic acids is 3. The van der Waals surface area contributed by atoms with Crippen LogP contribution in [0.15, 0.2) is 36.5 Å². The van der Waals surface area contributed by atoms with Gasteiger partial charge in [-0.25, -0.2) is 0 Å². The number of carbonyl (C=O) groups is 3. The third-order valence-corrected chi connectivity index (χ3v) is 13.1. The lowest BCUT2D eigenvalue weighted by Crippen LogP contribution is -2.60. The highest BCUT2D eigenvalue weighted by molar-refractivity contribution is 6.00. The van der Waals surface area contributed by atoms with Crippen LogP contribution in [0.5, 0.6) is 0 Å². The van der Waals surface area contributed by atoms with Crippen LogP contribution < -0.4 is 10.2 Å². The Balaban J connectivity index is 1.42. The molecule has 1 amide bonds. The number of Topliss-reactive ketones (excluding diaryl/α,β-unsaturated/α-hetero) is 1. The molecule has 1 aromatic carbocycles. The zero-order chi connectivity index (χ0) is 45.0. The first kappa shape index (κ1) is 48.7. The summed E-state index contributed by atoms with van der Waals surface area (Å²) in [5.41, 5.74) is -1.44. The Labute approximate surface area is 360 Å². The van der Waals surface area contributed by atoms with Gasteiger partial charge in [-0.2, -0.15) is 0 Å². The van der Waals surface area contributed by atoms with Crippen molar-refractivity contribution in [2.24, 2.45) is 17.8 Å². The Hall–Kier alpha value is -3.32. The van der Waals surface area contributed by atoms with Gasteiger partial charge in [0.1, 0.15) is 23.7 Å². The predicted molar refractivity (Wildman–Crippen MR) is 230 cm³/mol. The summed E-state index contributed by atoms with van der Waals surface area (Å²) < 4.78 is 25.3. The van der Waals surface area contributed by atoms with Crippen molar-refractivity contribution in [2.45, 2.75) is 141 Å². The minimum atomic E-state index is -2.03. The van der Waals surface area contributed by atoms with E-state index < -0.39 is 89.5 Å². The van der Waals surface area contributed by atoms with Gasteiger partial charge in [0.15, 0.2) is 12.1 Å². The Morgan fingerprint density at radius 3 is 2.36 bits per heavy atom. The molecule has 342 valence electrons. The van der Waals surface area contributed by atoms with E-state index in [1.54, 1.807) is 33.9 Å². The molecule has 0 bridgehead atoms. The van der Waals surface area contributed by atoms with Gasteiger partial charge in [-0.3, -0.25) is 24.3 Å². The molecule has 0 unspecified atom stereocenters. The van der Waals surface area contributed by atoms with E-state index in [-0.39, 0.29) is 31.6 Å². The van der Waals surface area contributed by atoms with Crippen LogP contribution in [0.4, 0.5) is 5.69 Å². The monoisotopic (exact) mass is 858 g/mol. The Morgan fingerprint density at radius 1 is 1.02 bits per heavy atom. The number of aliphatic hydroxyl groups is 4. The number of piperazine rings is 1. The van der Waals surface area contributed by atoms with Crippen LogP contribution in [-0.2, 0) is 33.3 Å². The number of esters is 1. The Morgan fingerprint density at radius 2 is 1.70 bits per heavy atom. The number of amides is 1. The number of likely N-dealkylation sites (N-methyl/N-ethyl adjacent to an activating group) is 1. The molecule has 3 fully saturated rings. The number of cyclic esters (lactones) is 1. The third-order valence-electron chi connectivity index (χ3n) is 13.1. The van der Waals surface area contributed by atoms with Crippen LogP contribution in [0.1, 0.15) is 74.7 Å². The SMILES string of the molecule is CC[C@H]1OC(=O)[C@H](C)C(=O)[C@H](C)[C@@H](O[C@@H]2O[C@H](C)C[C@H](N(C)C)[C@H]2O)[C@](C)(OC[C@@H](O)CN2CCN(c3ccc4ncccc4c3)CC2)C[C@@H](C)NC(=O)[C@H](C)[C@@H](O)[C@]1(C)O. The van der Waals surface area contributed by atoms with Crippen molar-refractivity contribution in [3.8, 4) is 0 Å². The van der Waals surface area contributed by atoms with Gasteiger partial charge in [0.25, 0.3) is 0 Å². The van der Waals surface area contributed by atoms with Crippen molar-refractivity contribution in [2.75, 3.05) is 58.3 Å². The fraction of sp³-hybridized carbons (Fsp3) is 0.733. The van der Waals surface area contributed by atoms with Crippen LogP contribution in [0.3, 0.4) is 0 Å². The first-order valence-electron chi connectivity index (χ1n) is 21.9. The number of pyridine rings is 1. The van der Waals surface area contributed by atoms with Crippen molar-refractivity contribution >= 4 is 34.3 Å². The highest BCUT2D eigenvalue weighted by atomic mass is 16.7. The molecule has 5 rings (SSSR count). The van der Waals surface area contributed by atoms with Gasteiger partial charge >= 0.3 is 5.97 Å². The Kier molecular flexibility index (Phi) is 16.3. The van der Waals surface area contributed by atoms with E-state index in [1.807, 2.05) is 44.1 Å². The maximum Gasteiger partial charge on any atom is 0.316 e. The third kappa shape index (κ3) is 11.4. The average Bonchev–Trinajstić information content (AvgIpc) is 3.22. The molecule has 0 aliphatic carbocycles. The molecule has 3 saturated heterocycles. The van der Waals surface area contributed by atoms with Crippen LogP contribution in [-0.4, -0.2) is 172 Å². The maximum atomic E-state index is 14.5. The van der Waals surface area contributed by atoms with Crippen molar-refractivity contribution in [3.05, 3.63) is 36.5 Å². The van der Waals surface area contributed by atoms with Gasteiger partial charge in [-0.05, 0) is 92.2 Å². The minimum Gasteiger partial charge on any atom is -0.459 e. The largest absolute Gasteiger partial charge is 0.459 e. The van der Waals surface area contributed by atoms with Gasteiger partial charge < -0.3 is 54.5 Å². The van der Waals surface area contributed by atoms with E-state index in [4.69, 9.17) is 18.9 Å². The number of aromatic nitrogens is 1. The molecule has 4 heterocycles. The summed E-state index contributed by atoms with van der Waals surface area (Å²) in [6.45, 7) is 15.9. The van der Waals surface area contributed by atoms with Crippen molar-refractivity contribution in [3.63, 3.8) is 0 Å². The quantitative estimate of drug-likeness (QED) is 0.172. The van der Waals surface area contributed by atoms with Gasteiger partial charge in [0.2, 0.25) is 5.91 Å². The number of nitrogens with zero attached hydrogens (tertiary/aromatic N) is 4. The first-order chi connectivity index (χ1) is 28.7. The van der Waals surface area contributed by atoms with E-state index in [9.17, 15) is 34.8 Å². The van der Waals surface area contributed by atoms with Crippen LogP contribution in [0, 0.1) is 17.8 Å². The number of hydrogen-bond acceptors (Lipinski definition) is 15. The second kappa shape index (κ2) is 20.5. The topological polar surface area (TPSA) is 204 Å². The molecular weight excluding hydrogens is 787 g/mol. The number of ether oxygens (including phenoxy) is 4. The predicted octanol–water partition coefficient (Wildman–Crippen LogP) is 2.12. The van der Waals surface area contributed by atoms with Crippen molar-refractivity contribution in [1.29, 1.82) is 0 Å². The molecule has 0 spiro atoms. The molecule has 3 aliphatic heterocycles. The lowest BCUT2D eigenvalue weighted by molar-refractivity contribution is -0.298. The summed E-state index contributed by atoms with van der Waals surface area (Å²) in [7, 11) is 3.71. The molecule has 14 atom stereocenters. The maximum absolute atomic E-state index is 14.5. The number of aliphatic hydroxyl groups excluding tert-OH is 3. The Bertz CT molecular complexity index is 1790. The molecule has 16 nitrogen and oxygen atoms in total. The fourth-order valence-corrected chi connectivity index (χ4v) is 9.32. The summed E-state index contributed by atoms with van der Waals surface area (Å²) in [6, 6.07) is 9.21. The molecule has 3 aliphatic rings. The summed E-state index contributed by atoms with van der Waals surface area (Å²) >= 11 is 0. The highest BCUT2D eigenvalue weighted by Gasteiger charge is 2.51. The molecule has 0 saturated carbocycles. The number of hydrogen-bond donors (Lipinski definition) is 5. The molecular formula is C45H71N5O11. The standard InChI is InChI=1S/C45H71N5O11/c1-11-36-45(8,57)39(54)30(6)41(55)47-26(2)23-44(7,40(28(4)37(52)29(5)42(56)60-36)61-43-38(53)35(48(9)10)21-27(3)59-43)58-25-33(51)24-49-17-19-50(20-18-49)32-14-15-34-31(22-32)13-12-16-46-34/h12-16,22,26-30,33,35-36,38-40,43,51,53-54,57H,11,17-21,23-25H2,1-10H3,(H,47,55)/t26-,27-,28+,29-,30-,33+,35+,36-,38-,39-,40-,43+,44-,45-/m1/s1. The number of fused-ring (bicyclic) bond motifs is 1. The molecule has 61 heavy (non-hydrogen) atoms. The molecule has 0 radical (unpaired) electrons. The lowest BCUT2D eigenvalue weighted by Gasteiger charge is -2.47. The van der Waals surface area contributed by atoms with Crippen LogP contribution >= 0.6 is 0 Å². The zero-order valence-electron chi connectivity index (χ0n) is 37.7. The summed E-state index contributed by atoms with van der Waals surface area (Å²) in [5, 5.41) is 50.0. The average molecular weight is 858 g/mol. The van der Waals surface area contributed by atoms with E-state index in [0.29, 0.717) is 26.1 Å². The summed E-state index contributed by atoms with van der Waals surface area (Å²) in [4.78, 5) is 52.7. The highest BCUT2D eigenvalue weighted by Crippen LogP contribution is 2.37. The van der Waals surface area contributed by atoms with Gasteiger partial charge in [-0.1, -0.05) is 26.8 Å². The lowest BCUT2D eigenvalue weighted by atomic mass is 9.79. The second-order valence-electron chi connectivity index (χ2n) is 18.4. The van der Waals surface area contributed by atoms with Crippen LogP contribution in [0.25, 0.3) is 10.9 Å². The number of anilines is 1. The van der Waals surface area contributed by atoms with Crippen molar-refractivity contribution < 1.29 is 53.8 Å². The number of rotatable bonds is 10. The van der Waals surface area contributed by atoms with Gasteiger partial charge in [-0.15, -0.1) is 0 Å². The number of benzene rings is 1. The van der Waals surface area contributed by atoms with Gasteiger partial charge in [0, 0.05) is 68.0 Å². The molecule has 1 aromatic heterocycles.